The zero-order valence-electron chi connectivity index (χ0n) is 19.1. The SMILES string of the molecule is C[C@@H]1C[C@H](C)CN(C(=O)c2cc(-c3ccc(C(C)(C)C)cc3)nc3ccc(Br)cc23)C1. The van der Waals surface area contributed by atoms with Crippen LogP contribution in [0.1, 0.15) is 57.0 Å². The Morgan fingerprint density at radius 1 is 1.00 bits per heavy atom. The summed E-state index contributed by atoms with van der Waals surface area (Å²) in [4.78, 5) is 20.6. The fraction of sp³-hybridized carbons (Fsp3) is 0.407. The fourth-order valence-corrected chi connectivity index (χ4v) is 5.02. The summed E-state index contributed by atoms with van der Waals surface area (Å²) in [5, 5.41) is 0.903. The van der Waals surface area contributed by atoms with Crippen molar-refractivity contribution in [1.29, 1.82) is 0 Å². The molecule has 0 bridgehead atoms. The monoisotopic (exact) mass is 478 g/mol. The number of aromatic nitrogens is 1. The summed E-state index contributed by atoms with van der Waals surface area (Å²) < 4.78 is 0.957. The van der Waals surface area contributed by atoms with Crippen LogP contribution in [0.4, 0.5) is 0 Å². The first kappa shape index (κ1) is 22.0. The Kier molecular flexibility index (Phi) is 5.95. The van der Waals surface area contributed by atoms with Gasteiger partial charge in [0.25, 0.3) is 5.91 Å². The van der Waals surface area contributed by atoms with E-state index in [9.17, 15) is 4.79 Å². The minimum atomic E-state index is 0.102. The summed E-state index contributed by atoms with van der Waals surface area (Å²) in [6.07, 6.45) is 1.18. The summed E-state index contributed by atoms with van der Waals surface area (Å²) >= 11 is 3.57. The Morgan fingerprint density at radius 3 is 2.26 bits per heavy atom. The molecule has 0 radical (unpaired) electrons. The molecule has 1 aliphatic rings. The Morgan fingerprint density at radius 2 is 1.65 bits per heavy atom. The van der Waals surface area contributed by atoms with Gasteiger partial charge >= 0.3 is 0 Å². The van der Waals surface area contributed by atoms with Crippen LogP contribution in [0.15, 0.2) is 53.0 Å². The molecular formula is C27H31BrN2O. The third-order valence-corrected chi connectivity index (χ3v) is 6.70. The standard InChI is InChI=1S/C27H31BrN2O/c1-17-12-18(2)16-30(15-17)26(31)23-14-25(29-24-11-10-21(28)13-22(23)24)19-6-8-20(9-7-19)27(3,4)5/h6-11,13-14,17-18H,12,15-16H2,1-5H3/t17-,18+. The lowest BCUT2D eigenvalue weighted by Gasteiger charge is -2.35. The van der Waals surface area contributed by atoms with Crippen molar-refractivity contribution in [3.63, 3.8) is 0 Å². The first-order valence-corrected chi connectivity index (χ1v) is 11.9. The maximum atomic E-state index is 13.7. The minimum Gasteiger partial charge on any atom is -0.338 e. The van der Waals surface area contributed by atoms with Crippen LogP contribution in [0.2, 0.25) is 0 Å². The van der Waals surface area contributed by atoms with Crippen LogP contribution in [0, 0.1) is 11.8 Å². The molecular weight excluding hydrogens is 448 g/mol. The molecule has 0 saturated carbocycles. The van der Waals surface area contributed by atoms with Crippen LogP contribution in [0.5, 0.6) is 0 Å². The summed E-state index contributed by atoms with van der Waals surface area (Å²) in [6.45, 7) is 12.7. The quantitative estimate of drug-likeness (QED) is 0.394. The van der Waals surface area contributed by atoms with Gasteiger partial charge in [0.05, 0.1) is 16.8 Å². The van der Waals surface area contributed by atoms with E-state index in [1.54, 1.807) is 0 Å². The third kappa shape index (κ3) is 4.69. The number of nitrogens with zero attached hydrogens (tertiary/aromatic N) is 2. The molecule has 1 aliphatic heterocycles. The van der Waals surface area contributed by atoms with E-state index in [-0.39, 0.29) is 11.3 Å². The first-order chi connectivity index (χ1) is 14.6. The lowest BCUT2D eigenvalue weighted by molar-refractivity contribution is 0.0625. The van der Waals surface area contributed by atoms with E-state index in [0.717, 1.165) is 45.3 Å². The summed E-state index contributed by atoms with van der Waals surface area (Å²) in [5.74, 6) is 1.16. The molecule has 1 aromatic heterocycles. The highest BCUT2D eigenvalue weighted by Crippen LogP contribution is 2.31. The number of piperidine rings is 1. The van der Waals surface area contributed by atoms with Gasteiger partial charge in [0.2, 0.25) is 0 Å². The summed E-state index contributed by atoms with van der Waals surface area (Å²) in [6, 6.07) is 16.5. The van der Waals surface area contributed by atoms with Crippen LogP contribution in [-0.4, -0.2) is 28.9 Å². The number of carbonyl (C=O) groups excluding carboxylic acids is 1. The molecule has 0 unspecified atom stereocenters. The highest BCUT2D eigenvalue weighted by Gasteiger charge is 2.27. The van der Waals surface area contributed by atoms with Gasteiger partial charge < -0.3 is 4.90 Å². The maximum absolute atomic E-state index is 13.7. The van der Waals surface area contributed by atoms with Crippen molar-refractivity contribution in [2.45, 2.75) is 46.5 Å². The molecule has 0 spiro atoms. The largest absolute Gasteiger partial charge is 0.338 e. The number of benzene rings is 2. The van der Waals surface area contributed by atoms with E-state index in [1.165, 1.54) is 12.0 Å². The lowest BCUT2D eigenvalue weighted by Crippen LogP contribution is -2.42. The predicted molar refractivity (Wildman–Crippen MR) is 132 cm³/mol. The van der Waals surface area contributed by atoms with Gasteiger partial charge in [-0.2, -0.15) is 0 Å². The van der Waals surface area contributed by atoms with Crippen LogP contribution in [0.25, 0.3) is 22.2 Å². The molecule has 31 heavy (non-hydrogen) atoms. The van der Waals surface area contributed by atoms with Gasteiger partial charge in [-0.15, -0.1) is 0 Å². The molecule has 2 heterocycles. The van der Waals surface area contributed by atoms with Gasteiger partial charge in [-0.05, 0) is 53.5 Å². The van der Waals surface area contributed by atoms with E-state index in [4.69, 9.17) is 4.98 Å². The number of fused-ring (bicyclic) bond motifs is 1. The van der Waals surface area contributed by atoms with E-state index in [1.807, 2.05) is 29.2 Å². The van der Waals surface area contributed by atoms with E-state index in [0.29, 0.717) is 11.8 Å². The zero-order valence-corrected chi connectivity index (χ0v) is 20.7. The zero-order chi connectivity index (χ0) is 22.3. The van der Waals surface area contributed by atoms with Gasteiger partial charge in [0.15, 0.2) is 0 Å². The smallest absolute Gasteiger partial charge is 0.254 e. The van der Waals surface area contributed by atoms with Crippen molar-refractivity contribution >= 4 is 32.7 Å². The highest BCUT2D eigenvalue weighted by atomic mass is 79.9. The van der Waals surface area contributed by atoms with Crippen molar-refractivity contribution in [3.8, 4) is 11.3 Å². The lowest BCUT2D eigenvalue weighted by atomic mass is 9.86. The van der Waals surface area contributed by atoms with Crippen molar-refractivity contribution in [1.82, 2.24) is 9.88 Å². The second-order valence-corrected chi connectivity index (χ2v) is 11.1. The van der Waals surface area contributed by atoms with Crippen molar-refractivity contribution in [2.24, 2.45) is 11.8 Å². The van der Waals surface area contributed by atoms with E-state index < -0.39 is 0 Å². The molecule has 2 atom stereocenters. The minimum absolute atomic E-state index is 0.102. The Balaban J connectivity index is 1.80. The molecule has 1 fully saturated rings. The number of likely N-dealkylation sites (tertiary alicyclic amines) is 1. The Bertz CT molecular complexity index is 1100. The summed E-state index contributed by atoms with van der Waals surface area (Å²) in [7, 11) is 0. The second-order valence-electron chi connectivity index (χ2n) is 10.2. The van der Waals surface area contributed by atoms with Gasteiger partial charge in [-0.25, -0.2) is 4.98 Å². The average molecular weight is 479 g/mol. The number of rotatable bonds is 2. The molecule has 3 nitrogen and oxygen atoms in total. The topological polar surface area (TPSA) is 33.2 Å². The Labute approximate surface area is 194 Å². The maximum Gasteiger partial charge on any atom is 0.254 e. The van der Waals surface area contributed by atoms with Gasteiger partial charge in [0.1, 0.15) is 0 Å². The molecule has 2 aromatic carbocycles. The van der Waals surface area contributed by atoms with Crippen molar-refractivity contribution in [2.75, 3.05) is 13.1 Å². The highest BCUT2D eigenvalue weighted by molar-refractivity contribution is 9.10. The number of hydrogen-bond acceptors (Lipinski definition) is 2. The number of amides is 1. The number of pyridine rings is 1. The average Bonchev–Trinajstić information content (AvgIpc) is 2.71. The fourth-order valence-electron chi connectivity index (χ4n) is 4.66. The predicted octanol–water partition coefficient (Wildman–Crippen LogP) is 7.08. The van der Waals surface area contributed by atoms with Crippen molar-refractivity contribution in [3.05, 3.63) is 64.1 Å². The molecule has 3 aromatic rings. The van der Waals surface area contributed by atoms with Crippen LogP contribution < -0.4 is 0 Å². The van der Waals surface area contributed by atoms with Gasteiger partial charge in [-0.1, -0.05) is 74.8 Å². The molecule has 0 N–H and O–H groups in total. The van der Waals surface area contributed by atoms with Crippen molar-refractivity contribution < 1.29 is 4.79 Å². The van der Waals surface area contributed by atoms with Crippen LogP contribution in [-0.2, 0) is 5.41 Å². The third-order valence-electron chi connectivity index (χ3n) is 6.20. The molecule has 162 valence electrons. The molecule has 1 saturated heterocycles. The van der Waals surface area contributed by atoms with Crippen LogP contribution in [0.3, 0.4) is 0 Å². The number of carbonyl (C=O) groups is 1. The number of halogens is 1. The van der Waals surface area contributed by atoms with Gasteiger partial charge in [-0.3, -0.25) is 4.79 Å². The molecule has 4 rings (SSSR count). The van der Waals surface area contributed by atoms with E-state index in [2.05, 4.69) is 74.8 Å². The molecule has 1 amide bonds. The molecule has 4 heteroatoms. The summed E-state index contributed by atoms with van der Waals surface area (Å²) in [5.41, 5.74) is 4.85. The number of hydrogen-bond donors (Lipinski definition) is 0. The van der Waals surface area contributed by atoms with Crippen LogP contribution >= 0.6 is 15.9 Å². The first-order valence-electron chi connectivity index (χ1n) is 11.1. The van der Waals surface area contributed by atoms with Gasteiger partial charge in [0, 0.05) is 28.5 Å². The molecule has 0 aliphatic carbocycles. The normalized spacial score (nSPS) is 19.6. The second kappa shape index (κ2) is 8.38. The Hall–Kier alpha value is -2.20. The van der Waals surface area contributed by atoms with E-state index >= 15 is 0 Å².